The van der Waals surface area contributed by atoms with E-state index >= 15 is 0 Å². The first kappa shape index (κ1) is 21.0. The van der Waals surface area contributed by atoms with Crippen LogP contribution in [-0.4, -0.2) is 26.5 Å². The van der Waals surface area contributed by atoms with Crippen LogP contribution in [0.1, 0.15) is 22.5 Å². The van der Waals surface area contributed by atoms with Crippen molar-refractivity contribution >= 4 is 34.1 Å². The van der Waals surface area contributed by atoms with Crippen LogP contribution in [0.5, 0.6) is 0 Å². The van der Waals surface area contributed by atoms with Gasteiger partial charge in [-0.1, -0.05) is 42.0 Å². The third kappa shape index (κ3) is 5.27. The fourth-order valence-electron chi connectivity index (χ4n) is 3.58. The summed E-state index contributed by atoms with van der Waals surface area (Å²) in [6.45, 7) is 5.39. The third-order valence-electron chi connectivity index (χ3n) is 5.25. The van der Waals surface area contributed by atoms with Crippen LogP contribution in [0.15, 0.2) is 66.7 Å². The van der Waals surface area contributed by atoms with E-state index in [1.165, 1.54) is 17.7 Å². The van der Waals surface area contributed by atoms with Crippen LogP contribution >= 0.6 is 12.2 Å². The number of benzene rings is 3. The molecular formula is C25H25FN4S. The number of rotatable bonds is 6. The summed E-state index contributed by atoms with van der Waals surface area (Å²) in [5, 5.41) is 4.02. The van der Waals surface area contributed by atoms with Gasteiger partial charge in [0.15, 0.2) is 5.11 Å². The zero-order chi connectivity index (χ0) is 21.8. The molecule has 0 aliphatic carbocycles. The molecular weight excluding hydrogens is 407 g/mol. The van der Waals surface area contributed by atoms with Gasteiger partial charge in [0.05, 0.1) is 11.0 Å². The Morgan fingerprint density at radius 1 is 1.06 bits per heavy atom. The second-order valence-corrected chi connectivity index (χ2v) is 8.13. The Labute approximate surface area is 187 Å². The second kappa shape index (κ2) is 9.27. The summed E-state index contributed by atoms with van der Waals surface area (Å²) in [6.07, 6.45) is 0.713. The first-order chi connectivity index (χ1) is 15.0. The van der Waals surface area contributed by atoms with Crippen LogP contribution in [0.4, 0.5) is 10.1 Å². The van der Waals surface area contributed by atoms with Crippen LogP contribution in [0.3, 0.4) is 0 Å². The maximum atomic E-state index is 13.4. The summed E-state index contributed by atoms with van der Waals surface area (Å²) in [6, 6.07) is 20.8. The lowest BCUT2D eigenvalue weighted by Gasteiger charge is -2.26. The van der Waals surface area contributed by atoms with Crippen LogP contribution in [0.25, 0.3) is 11.0 Å². The van der Waals surface area contributed by atoms with Crippen molar-refractivity contribution in [3.05, 3.63) is 95.1 Å². The third-order valence-corrected chi connectivity index (χ3v) is 5.61. The van der Waals surface area contributed by atoms with E-state index in [4.69, 9.17) is 12.2 Å². The van der Waals surface area contributed by atoms with Gasteiger partial charge in [-0.2, -0.15) is 0 Å². The van der Waals surface area contributed by atoms with Crippen molar-refractivity contribution in [2.75, 3.05) is 11.9 Å². The summed E-state index contributed by atoms with van der Waals surface area (Å²) >= 11 is 5.76. The van der Waals surface area contributed by atoms with Crippen molar-refractivity contribution in [2.45, 2.75) is 26.8 Å². The highest BCUT2D eigenvalue weighted by molar-refractivity contribution is 7.80. The minimum atomic E-state index is -0.242. The molecule has 0 radical (unpaired) electrons. The molecule has 0 unspecified atom stereocenters. The Kier molecular flexibility index (Phi) is 6.28. The molecule has 2 N–H and O–H groups in total. The molecule has 3 aromatic carbocycles. The molecule has 1 aromatic heterocycles. The number of nitrogens with zero attached hydrogens (tertiary/aromatic N) is 2. The molecule has 0 aliphatic rings. The van der Waals surface area contributed by atoms with Crippen molar-refractivity contribution < 1.29 is 4.39 Å². The Bertz CT molecular complexity index is 1170. The standard InChI is InChI=1S/C25H25FN4S/c1-17-7-12-21(18(2)15-17)29-25(31)30(16-19-8-10-20(26)11-9-19)14-13-24-27-22-5-3-4-6-23(22)28-24/h3-12,15H,13-14,16H2,1-2H3,(H,27,28)(H,29,31). The normalized spacial score (nSPS) is 10.9. The number of anilines is 1. The Hall–Kier alpha value is -3.25. The monoisotopic (exact) mass is 432 g/mol. The maximum absolute atomic E-state index is 13.4. The predicted octanol–water partition coefficient (Wildman–Crippen LogP) is 5.76. The van der Waals surface area contributed by atoms with Crippen LogP contribution in [-0.2, 0) is 13.0 Å². The molecule has 0 saturated carbocycles. The molecule has 0 aliphatic heterocycles. The SMILES string of the molecule is Cc1ccc(NC(=S)N(CCc2nc3ccccc3[nH]2)Cc2ccc(F)cc2)c(C)c1. The number of aryl methyl sites for hydroxylation is 2. The van der Waals surface area contributed by atoms with Crippen molar-refractivity contribution in [1.29, 1.82) is 0 Å². The van der Waals surface area contributed by atoms with Crippen molar-refractivity contribution in [3.8, 4) is 0 Å². The van der Waals surface area contributed by atoms with Gasteiger partial charge in [-0.25, -0.2) is 9.37 Å². The molecule has 31 heavy (non-hydrogen) atoms. The van der Waals surface area contributed by atoms with Crippen molar-refractivity contribution in [2.24, 2.45) is 0 Å². The number of para-hydroxylation sites is 2. The molecule has 0 saturated heterocycles. The number of aromatic nitrogens is 2. The first-order valence-electron chi connectivity index (χ1n) is 10.3. The highest BCUT2D eigenvalue weighted by Gasteiger charge is 2.14. The molecule has 0 atom stereocenters. The summed E-state index contributed by atoms with van der Waals surface area (Å²) in [7, 11) is 0. The topological polar surface area (TPSA) is 44.0 Å². The number of imidazole rings is 1. The van der Waals surface area contributed by atoms with Gasteiger partial charge in [0, 0.05) is 25.2 Å². The fraction of sp³-hybridized carbons (Fsp3) is 0.200. The number of halogens is 1. The van der Waals surface area contributed by atoms with E-state index in [1.807, 2.05) is 30.3 Å². The molecule has 0 amide bonds. The van der Waals surface area contributed by atoms with Gasteiger partial charge in [-0.15, -0.1) is 0 Å². The number of fused-ring (bicyclic) bond motifs is 1. The molecule has 4 nitrogen and oxygen atoms in total. The second-order valence-electron chi connectivity index (χ2n) is 7.75. The van der Waals surface area contributed by atoms with Crippen molar-refractivity contribution in [3.63, 3.8) is 0 Å². The van der Waals surface area contributed by atoms with Gasteiger partial charge in [-0.3, -0.25) is 0 Å². The van der Waals surface area contributed by atoms with Gasteiger partial charge in [0.1, 0.15) is 11.6 Å². The molecule has 0 bridgehead atoms. The van der Waals surface area contributed by atoms with E-state index in [2.05, 4.69) is 46.2 Å². The minimum absolute atomic E-state index is 0.242. The summed E-state index contributed by atoms with van der Waals surface area (Å²) in [5.74, 6) is 0.674. The van der Waals surface area contributed by atoms with Crippen LogP contribution < -0.4 is 5.32 Å². The Balaban J connectivity index is 1.52. The van der Waals surface area contributed by atoms with Gasteiger partial charge < -0.3 is 15.2 Å². The summed E-state index contributed by atoms with van der Waals surface area (Å²) < 4.78 is 13.4. The van der Waals surface area contributed by atoms with E-state index in [0.29, 0.717) is 24.6 Å². The number of hydrogen-bond donors (Lipinski definition) is 2. The van der Waals surface area contributed by atoms with Gasteiger partial charge in [0.25, 0.3) is 0 Å². The minimum Gasteiger partial charge on any atom is -0.344 e. The highest BCUT2D eigenvalue weighted by atomic mass is 32.1. The Morgan fingerprint density at radius 3 is 2.58 bits per heavy atom. The molecule has 4 rings (SSSR count). The average molecular weight is 433 g/mol. The molecule has 1 heterocycles. The lowest BCUT2D eigenvalue weighted by Crippen LogP contribution is -2.36. The fourth-order valence-corrected chi connectivity index (χ4v) is 3.84. The first-order valence-corrected chi connectivity index (χ1v) is 10.7. The van der Waals surface area contributed by atoms with Crippen molar-refractivity contribution in [1.82, 2.24) is 14.9 Å². The molecule has 158 valence electrons. The quantitative estimate of drug-likeness (QED) is 0.380. The molecule has 0 spiro atoms. The van der Waals surface area contributed by atoms with Crippen LogP contribution in [0, 0.1) is 19.7 Å². The van der Waals surface area contributed by atoms with E-state index < -0.39 is 0 Å². The van der Waals surface area contributed by atoms with E-state index in [9.17, 15) is 4.39 Å². The molecule has 0 fully saturated rings. The number of aromatic amines is 1. The largest absolute Gasteiger partial charge is 0.344 e. The summed E-state index contributed by atoms with van der Waals surface area (Å²) in [4.78, 5) is 10.1. The summed E-state index contributed by atoms with van der Waals surface area (Å²) in [5.41, 5.74) is 6.32. The highest BCUT2D eigenvalue weighted by Crippen LogP contribution is 2.18. The van der Waals surface area contributed by atoms with Gasteiger partial charge in [-0.05, 0) is 67.5 Å². The van der Waals surface area contributed by atoms with Gasteiger partial charge in [0.2, 0.25) is 0 Å². The molecule has 6 heteroatoms. The smallest absolute Gasteiger partial charge is 0.173 e. The zero-order valence-corrected chi connectivity index (χ0v) is 18.5. The van der Waals surface area contributed by atoms with E-state index in [1.54, 1.807) is 12.1 Å². The number of thiocarbonyl (C=S) groups is 1. The maximum Gasteiger partial charge on any atom is 0.173 e. The zero-order valence-electron chi connectivity index (χ0n) is 17.7. The lowest BCUT2D eigenvalue weighted by molar-refractivity contribution is 0.419. The predicted molar refractivity (Wildman–Crippen MR) is 129 cm³/mol. The van der Waals surface area contributed by atoms with E-state index in [-0.39, 0.29) is 5.82 Å². The average Bonchev–Trinajstić information content (AvgIpc) is 3.17. The molecule has 4 aromatic rings. The number of hydrogen-bond acceptors (Lipinski definition) is 2. The van der Waals surface area contributed by atoms with Crippen LogP contribution in [0.2, 0.25) is 0 Å². The number of H-pyrrole nitrogens is 1. The van der Waals surface area contributed by atoms with E-state index in [0.717, 1.165) is 33.7 Å². The number of nitrogens with one attached hydrogen (secondary N) is 2. The van der Waals surface area contributed by atoms with Gasteiger partial charge >= 0.3 is 0 Å². The lowest BCUT2D eigenvalue weighted by atomic mass is 10.1. The Morgan fingerprint density at radius 2 is 1.84 bits per heavy atom.